The molecule has 20 heavy (non-hydrogen) atoms. The second-order valence-corrected chi connectivity index (χ2v) is 6.31. The number of halogens is 2. The SMILES string of the molecule is CCCCCCCCCCCCCCOC(CCl)CCl. The van der Waals surface area contributed by atoms with Crippen molar-refractivity contribution in [3.05, 3.63) is 0 Å². The van der Waals surface area contributed by atoms with Crippen LogP contribution in [0.1, 0.15) is 84.0 Å². The fraction of sp³-hybridized carbons (Fsp3) is 1.00. The maximum absolute atomic E-state index is 5.71. The molecule has 0 radical (unpaired) electrons. The van der Waals surface area contributed by atoms with Crippen molar-refractivity contribution >= 4 is 23.2 Å². The third-order valence-electron chi connectivity index (χ3n) is 3.70. The normalized spacial score (nSPS) is 11.4. The topological polar surface area (TPSA) is 9.23 Å². The van der Waals surface area contributed by atoms with Gasteiger partial charge >= 0.3 is 0 Å². The van der Waals surface area contributed by atoms with Gasteiger partial charge in [0.2, 0.25) is 0 Å². The molecule has 1 nitrogen and oxygen atoms in total. The Morgan fingerprint density at radius 1 is 0.650 bits per heavy atom. The van der Waals surface area contributed by atoms with E-state index in [1.54, 1.807) is 0 Å². The lowest BCUT2D eigenvalue weighted by Gasteiger charge is -2.11. The molecule has 0 aromatic carbocycles. The van der Waals surface area contributed by atoms with Crippen molar-refractivity contribution in [2.45, 2.75) is 90.1 Å². The van der Waals surface area contributed by atoms with Gasteiger partial charge in [0.05, 0.1) is 6.10 Å². The summed E-state index contributed by atoms with van der Waals surface area (Å²) in [5, 5.41) is 0. The van der Waals surface area contributed by atoms with Gasteiger partial charge in [-0.25, -0.2) is 0 Å². The van der Waals surface area contributed by atoms with E-state index in [-0.39, 0.29) is 6.10 Å². The third kappa shape index (κ3) is 14.9. The van der Waals surface area contributed by atoms with E-state index in [2.05, 4.69) is 6.92 Å². The van der Waals surface area contributed by atoms with Gasteiger partial charge in [-0.15, -0.1) is 23.2 Å². The van der Waals surface area contributed by atoms with Crippen LogP contribution in [0.5, 0.6) is 0 Å². The molecule has 0 saturated heterocycles. The van der Waals surface area contributed by atoms with E-state index < -0.39 is 0 Å². The number of ether oxygens (including phenoxy) is 1. The van der Waals surface area contributed by atoms with Crippen LogP contribution in [0.3, 0.4) is 0 Å². The van der Waals surface area contributed by atoms with Crippen molar-refractivity contribution in [1.29, 1.82) is 0 Å². The zero-order valence-corrected chi connectivity index (χ0v) is 14.9. The summed E-state index contributed by atoms with van der Waals surface area (Å²) in [6, 6.07) is 0. The molecule has 0 aliphatic rings. The lowest BCUT2D eigenvalue weighted by molar-refractivity contribution is 0.0800. The predicted molar refractivity (Wildman–Crippen MR) is 92.3 cm³/mol. The number of hydrogen-bond acceptors (Lipinski definition) is 1. The van der Waals surface area contributed by atoms with Crippen molar-refractivity contribution in [2.24, 2.45) is 0 Å². The summed E-state index contributed by atoms with van der Waals surface area (Å²) in [5.74, 6) is 1.00. The first kappa shape index (κ1) is 20.5. The zero-order valence-electron chi connectivity index (χ0n) is 13.3. The first-order valence-electron chi connectivity index (χ1n) is 8.58. The first-order valence-corrected chi connectivity index (χ1v) is 9.65. The van der Waals surface area contributed by atoms with Crippen molar-refractivity contribution in [3.63, 3.8) is 0 Å². The Kier molecular flexibility index (Phi) is 18.1. The van der Waals surface area contributed by atoms with Gasteiger partial charge in [-0.1, -0.05) is 77.6 Å². The Bertz CT molecular complexity index is 172. The molecule has 3 heteroatoms. The Morgan fingerprint density at radius 3 is 1.45 bits per heavy atom. The maximum Gasteiger partial charge on any atom is 0.0845 e. The summed E-state index contributed by atoms with van der Waals surface area (Å²) >= 11 is 11.4. The molecule has 0 atom stereocenters. The van der Waals surface area contributed by atoms with Crippen LogP contribution in [0.2, 0.25) is 0 Å². The predicted octanol–water partition coefficient (Wildman–Crippen LogP) is 6.55. The van der Waals surface area contributed by atoms with Gasteiger partial charge in [-0.2, -0.15) is 0 Å². The highest BCUT2D eigenvalue weighted by Crippen LogP contribution is 2.12. The summed E-state index contributed by atoms with van der Waals surface area (Å²) < 4.78 is 5.57. The maximum atomic E-state index is 5.71. The molecule has 0 heterocycles. The number of alkyl halides is 2. The van der Waals surface area contributed by atoms with Crippen LogP contribution in [0.15, 0.2) is 0 Å². The quantitative estimate of drug-likeness (QED) is 0.231. The summed E-state index contributed by atoms with van der Waals surface area (Å²) in [6.45, 7) is 3.08. The van der Waals surface area contributed by atoms with Crippen LogP contribution in [0.4, 0.5) is 0 Å². The van der Waals surface area contributed by atoms with Crippen molar-refractivity contribution < 1.29 is 4.74 Å². The molecule has 0 rings (SSSR count). The molecule has 0 aliphatic heterocycles. The summed E-state index contributed by atoms with van der Waals surface area (Å²) in [7, 11) is 0. The molecule has 0 bridgehead atoms. The molecule has 0 unspecified atom stereocenters. The Hall–Kier alpha value is 0.540. The third-order valence-corrected chi connectivity index (χ3v) is 4.38. The van der Waals surface area contributed by atoms with E-state index in [1.165, 1.54) is 70.6 Å². The second kappa shape index (κ2) is 17.6. The molecular formula is C17H34Cl2O. The Morgan fingerprint density at radius 2 is 1.05 bits per heavy atom. The average molecular weight is 325 g/mol. The van der Waals surface area contributed by atoms with Gasteiger partial charge in [0.15, 0.2) is 0 Å². The molecule has 0 aliphatic carbocycles. The largest absolute Gasteiger partial charge is 0.376 e. The minimum absolute atomic E-state index is 0.0334. The van der Waals surface area contributed by atoms with Gasteiger partial charge in [-0.05, 0) is 6.42 Å². The number of unbranched alkanes of at least 4 members (excludes halogenated alkanes) is 11. The summed E-state index contributed by atoms with van der Waals surface area (Å²) in [4.78, 5) is 0. The Balaban J connectivity index is 3.02. The van der Waals surface area contributed by atoms with Crippen molar-refractivity contribution in [3.8, 4) is 0 Å². The van der Waals surface area contributed by atoms with E-state index in [1.807, 2.05) is 0 Å². The van der Waals surface area contributed by atoms with Crippen LogP contribution in [-0.4, -0.2) is 24.5 Å². The minimum atomic E-state index is 0.0334. The van der Waals surface area contributed by atoms with Crippen LogP contribution in [-0.2, 0) is 4.74 Å². The van der Waals surface area contributed by atoms with E-state index in [0.29, 0.717) is 11.8 Å². The van der Waals surface area contributed by atoms with Crippen LogP contribution >= 0.6 is 23.2 Å². The standard InChI is InChI=1S/C17H34Cl2O/c1-2-3-4-5-6-7-8-9-10-11-12-13-14-20-17(15-18)16-19/h17H,2-16H2,1H3. The van der Waals surface area contributed by atoms with Gasteiger partial charge in [0.1, 0.15) is 0 Å². The zero-order chi connectivity index (χ0) is 14.9. The monoisotopic (exact) mass is 324 g/mol. The van der Waals surface area contributed by atoms with E-state index in [9.17, 15) is 0 Å². The van der Waals surface area contributed by atoms with Crippen LogP contribution in [0, 0.1) is 0 Å². The van der Waals surface area contributed by atoms with Crippen molar-refractivity contribution in [2.75, 3.05) is 18.4 Å². The molecule has 122 valence electrons. The highest BCUT2D eigenvalue weighted by atomic mass is 35.5. The van der Waals surface area contributed by atoms with Gasteiger partial charge in [-0.3, -0.25) is 0 Å². The van der Waals surface area contributed by atoms with Crippen LogP contribution in [0.25, 0.3) is 0 Å². The molecule has 0 saturated carbocycles. The lowest BCUT2D eigenvalue weighted by Crippen LogP contribution is -2.17. The molecule has 0 aromatic rings. The molecule has 0 N–H and O–H groups in total. The van der Waals surface area contributed by atoms with E-state index in [0.717, 1.165) is 13.0 Å². The van der Waals surface area contributed by atoms with Gasteiger partial charge < -0.3 is 4.74 Å². The number of rotatable bonds is 16. The molecule has 0 aromatic heterocycles. The van der Waals surface area contributed by atoms with Gasteiger partial charge in [0, 0.05) is 18.4 Å². The fourth-order valence-corrected chi connectivity index (χ4v) is 2.83. The highest BCUT2D eigenvalue weighted by molar-refractivity contribution is 6.21. The molecular weight excluding hydrogens is 291 g/mol. The molecule has 0 amide bonds. The first-order chi connectivity index (χ1) is 9.85. The van der Waals surface area contributed by atoms with Crippen molar-refractivity contribution in [1.82, 2.24) is 0 Å². The smallest absolute Gasteiger partial charge is 0.0845 e. The molecule has 0 fully saturated rings. The van der Waals surface area contributed by atoms with Gasteiger partial charge in [0.25, 0.3) is 0 Å². The van der Waals surface area contributed by atoms with Crippen LogP contribution < -0.4 is 0 Å². The summed E-state index contributed by atoms with van der Waals surface area (Å²) in [5.41, 5.74) is 0. The average Bonchev–Trinajstić information content (AvgIpc) is 2.48. The highest BCUT2D eigenvalue weighted by Gasteiger charge is 2.04. The summed E-state index contributed by atoms with van der Waals surface area (Å²) in [6.07, 6.45) is 16.5. The Labute approximate surface area is 136 Å². The lowest BCUT2D eigenvalue weighted by atomic mass is 10.1. The van der Waals surface area contributed by atoms with E-state index in [4.69, 9.17) is 27.9 Å². The fourth-order valence-electron chi connectivity index (χ4n) is 2.32. The molecule has 0 spiro atoms. The number of hydrogen-bond donors (Lipinski definition) is 0. The minimum Gasteiger partial charge on any atom is -0.376 e. The van der Waals surface area contributed by atoms with E-state index >= 15 is 0 Å². The second-order valence-electron chi connectivity index (χ2n) is 5.69.